The van der Waals surface area contributed by atoms with Gasteiger partial charge in [-0.25, -0.2) is 12.8 Å². The van der Waals surface area contributed by atoms with Crippen LogP contribution in [0.1, 0.15) is 15.9 Å². The van der Waals surface area contributed by atoms with E-state index in [0.717, 1.165) is 5.56 Å². The number of sulfonamides is 1. The minimum atomic E-state index is -3.82. The van der Waals surface area contributed by atoms with Crippen LogP contribution in [0, 0.1) is 5.82 Å². The maximum absolute atomic E-state index is 14.0. The van der Waals surface area contributed by atoms with Crippen LogP contribution < -0.4 is 9.62 Å². The van der Waals surface area contributed by atoms with E-state index in [-0.39, 0.29) is 16.1 Å². The van der Waals surface area contributed by atoms with Gasteiger partial charge in [-0.05, 0) is 54.4 Å². The van der Waals surface area contributed by atoms with Gasteiger partial charge < -0.3 is 5.32 Å². The number of fused-ring (bicyclic) bond motifs is 1. The van der Waals surface area contributed by atoms with Crippen LogP contribution in [-0.2, 0) is 16.4 Å². The minimum absolute atomic E-state index is 0.0122. The smallest absolute Gasteiger partial charge is 0.264 e. The topological polar surface area (TPSA) is 66.5 Å². The standard InChI is InChI=1S/C21H16BrFN2O3S/c22-16-8-9-19(18(23)13-16)24-21(26)15-5-3-6-17(12-15)29(27,28)25-11-10-14-4-1-2-7-20(14)25/h1-9,12-13H,10-11H2,(H,24,26). The molecule has 0 radical (unpaired) electrons. The number of amides is 1. The van der Waals surface area contributed by atoms with Gasteiger partial charge in [-0.15, -0.1) is 0 Å². The maximum atomic E-state index is 14.0. The van der Waals surface area contributed by atoms with Gasteiger partial charge in [0.1, 0.15) is 5.82 Å². The third-order valence-electron chi connectivity index (χ3n) is 4.71. The Morgan fingerprint density at radius 2 is 1.83 bits per heavy atom. The number of carbonyl (C=O) groups excluding carboxylic acids is 1. The fourth-order valence-corrected chi connectivity index (χ4v) is 5.15. The fourth-order valence-electron chi connectivity index (χ4n) is 3.27. The van der Waals surface area contributed by atoms with Crippen molar-refractivity contribution in [2.75, 3.05) is 16.2 Å². The number of halogens is 2. The molecule has 1 aliphatic heterocycles. The average Bonchev–Trinajstić information content (AvgIpc) is 3.15. The highest BCUT2D eigenvalue weighted by atomic mass is 79.9. The first-order chi connectivity index (χ1) is 13.9. The Hall–Kier alpha value is -2.71. The second-order valence-electron chi connectivity index (χ2n) is 6.56. The second-order valence-corrected chi connectivity index (χ2v) is 9.34. The zero-order valence-electron chi connectivity index (χ0n) is 15.1. The molecular formula is C21H16BrFN2O3S. The summed E-state index contributed by atoms with van der Waals surface area (Å²) in [5.74, 6) is -1.18. The molecule has 0 aliphatic carbocycles. The molecule has 29 heavy (non-hydrogen) atoms. The number of hydrogen-bond donors (Lipinski definition) is 1. The molecule has 4 rings (SSSR count). The van der Waals surface area contributed by atoms with Gasteiger partial charge in [0.05, 0.1) is 16.3 Å². The van der Waals surface area contributed by atoms with Crippen LogP contribution in [0.2, 0.25) is 0 Å². The molecule has 0 bridgehead atoms. The molecule has 3 aromatic carbocycles. The first-order valence-corrected chi connectivity index (χ1v) is 11.1. The molecule has 0 spiro atoms. The molecule has 0 unspecified atom stereocenters. The molecule has 0 saturated carbocycles. The molecular weight excluding hydrogens is 459 g/mol. The predicted molar refractivity (Wildman–Crippen MR) is 113 cm³/mol. The number of benzene rings is 3. The van der Waals surface area contributed by atoms with Gasteiger partial charge in [-0.2, -0.15) is 0 Å². The first-order valence-electron chi connectivity index (χ1n) is 8.83. The number of nitrogens with zero attached hydrogens (tertiary/aromatic N) is 1. The van der Waals surface area contributed by atoms with Gasteiger partial charge in [-0.1, -0.05) is 40.2 Å². The molecule has 1 heterocycles. The van der Waals surface area contributed by atoms with Gasteiger partial charge in [0.15, 0.2) is 0 Å². The van der Waals surface area contributed by atoms with Gasteiger partial charge >= 0.3 is 0 Å². The van der Waals surface area contributed by atoms with Crippen molar-refractivity contribution >= 4 is 43.2 Å². The third kappa shape index (κ3) is 3.77. The van der Waals surface area contributed by atoms with E-state index in [1.54, 1.807) is 18.2 Å². The SMILES string of the molecule is O=C(Nc1ccc(Br)cc1F)c1cccc(S(=O)(=O)N2CCc3ccccc32)c1. The fraction of sp³-hybridized carbons (Fsp3) is 0.0952. The van der Waals surface area contributed by atoms with Crippen LogP contribution in [0.3, 0.4) is 0 Å². The van der Waals surface area contributed by atoms with Crippen LogP contribution in [0.5, 0.6) is 0 Å². The number of rotatable bonds is 4. The van der Waals surface area contributed by atoms with E-state index in [2.05, 4.69) is 21.2 Å². The molecule has 0 fully saturated rings. The van der Waals surface area contributed by atoms with Crippen molar-refractivity contribution in [2.45, 2.75) is 11.3 Å². The highest BCUT2D eigenvalue weighted by molar-refractivity contribution is 9.10. The number of anilines is 2. The van der Waals surface area contributed by atoms with Gasteiger partial charge in [0, 0.05) is 16.6 Å². The summed E-state index contributed by atoms with van der Waals surface area (Å²) in [6.45, 7) is 0.349. The van der Waals surface area contributed by atoms with Crippen LogP contribution in [0.25, 0.3) is 0 Å². The summed E-state index contributed by atoms with van der Waals surface area (Å²) in [6.07, 6.45) is 0.637. The summed E-state index contributed by atoms with van der Waals surface area (Å²) >= 11 is 3.16. The van der Waals surface area contributed by atoms with Crippen molar-refractivity contribution in [3.63, 3.8) is 0 Å². The Morgan fingerprint density at radius 1 is 1.03 bits per heavy atom. The lowest BCUT2D eigenvalue weighted by Crippen LogP contribution is -2.29. The van der Waals surface area contributed by atoms with E-state index in [1.807, 2.05) is 12.1 Å². The Morgan fingerprint density at radius 3 is 2.62 bits per heavy atom. The van der Waals surface area contributed by atoms with Crippen LogP contribution in [0.4, 0.5) is 15.8 Å². The highest BCUT2D eigenvalue weighted by Gasteiger charge is 2.31. The summed E-state index contributed by atoms with van der Waals surface area (Å²) in [7, 11) is -3.82. The Balaban J connectivity index is 1.62. The van der Waals surface area contributed by atoms with Crippen molar-refractivity contribution in [1.29, 1.82) is 0 Å². The summed E-state index contributed by atoms with van der Waals surface area (Å²) in [5.41, 5.74) is 1.76. The second kappa shape index (κ2) is 7.61. The summed E-state index contributed by atoms with van der Waals surface area (Å²) < 4.78 is 42.2. The molecule has 3 aromatic rings. The van der Waals surface area contributed by atoms with E-state index in [9.17, 15) is 17.6 Å². The largest absolute Gasteiger partial charge is 0.319 e. The third-order valence-corrected chi connectivity index (χ3v) is 7.01. The van der Waals surface area contributed by atoms with Crippen molar-refractivity contribution in [3.8, 4) is 0 Å². The monoisotopic (exact) mass is 474 g/mol. The molecule has 5 nitrogen and oxygen atoms in total. The molecule has 0 aromatic heterocycles. The molecule has 1 amide bonds. The maximum Gasteiger partial charge on any atom is 0.264 e. The Labute approximate surface area is 176 Å². The minimum Gasteiger partial charge on any atom is -0.319 e. The first kappa shape index (κ1) is 19.6. The molecule has 0 atom stereocenters. The summed E-state index contributed by atoms with van der Waals surface area (Å²) in [6, 6.07) is 17.4. The van der Waals surface area contributed by atoms with E-state index in [1.165, 1.54) is 40.7 Å². The molecule has 0 saturated heterocycles. The zero-order valence-corrected chi connectivity index (χ0v) is 17.5. The lowest BCUT2D eigenvalue weighted by molar-refractivity contribution is 0.102. The Kier molecular flexibility index (Phi) is 5.14. The van der Waals surface area contributed by atoms with Crippen molar-refractivity contribution in [1.82, 2.24) is 0 Å². The number of nitrogens with one attached hydrogen (secondary N) is 1. The predicted octanol–water partition coefficient (Wildman–Crippen LogP) is 4.59. The van der Waals surface area contributed by atoms with Crippen molar-refractivity contribution in [2.24, 2.45) is 0 Å². The lowest BCUT2D eigenvalue weighted by Gasteiger charge is -2.20. The average molecular weight is 475 g/mol. The van der Waals surface area contributed by atoms with Crippen molar-refractivity contribution in [3.05, 3.63) is 88.1 Å². The highest BCUT2D eigenvalue weighted by Crippen LogP contribution is 2.32. The number of hydrogen-bond acceptors (Lipinski definition) is 3. The van der Waals surface area contributed by atoms with Crippen LogP contribution in [0.15, 0.2) is 76.1 Å². The molecule has 1 aliphatic rings. The number of carbonyl (C=O) groups is 1. The molecule has 148 valence electrons. The van der Waals surface area contributed by atoms with Crippen molar-refractivity contribution < 1.29 is 17.6 Å². The van der Waals surface area contributed by atoms with E-state index in [0.29, 0.717) is 23.1 Å². The van der Waals surface area contributed by atoms with Crippen LogP contribution >= 0.6 is 15.9 Å². The van der Waals surface area contributed by atoms with Gasteiger partial charge in [0.2, 0.25) is 0 Å². The summed E-state index contributed by atoms with van der Waals surface area (Å²) in [5, 5.41) is 2.47. The molecule has 1 N–H and O–H groups in total. The normalized spacial score (nSPS) is 13.2. The van der Waals surface area contributed by atoms with E-state index < -0.39 is 21.7 Å². The van der Waals surface area contributed by atoms with Gasteiger partial charge in [0.25, 0.3) is 15.9 Å². The van der Waals surface area contributed by atoms with E-state index in [4.69, 9.17) is 0 Å². The van der Waals surface area contributed by atoms with Crippen LogP contribution in [-0.4, -0.2) is 20.9 Å². The van der Waals surface area contributed by atoms with Gasteiger partial charge in [-0.3, -0.25) is 9.10 Å². The lowest BCUT2D eigenvalue weighted by atomic mass is 10.2. The quantitative estimate of drug-likeness (QED) is 0.601. The van der Waals surface area contributed by atoms with E-state index >= 15 is 0 Å². The number of para-hydroxylation sites is 1. The summed E-state index contributed by atoms with van der Waals surface area (Å²) in [4.78, 5) is 12.6. The molecule has 8 heteroatoms. The zero-order chi connectivity index (χ0) is 20.6. The Bertz CT molecular complexity index is 1210.